The van der Waals surface area contributed by atoms with E-state index in [-0.39, 0.29) is 38.0 Å². The summed E-state index contributed by atoms with van der Waals surface area (Å²) < 4.78 is 10.8. The lowest BCUT2D eigenvalue weighted by atomic mass is 9.84. The zero-order valence-corrected chi connectivity index (χ0v) is 37.2. The van der Waals surface area contributed by atoms with Crippen molar-refractivity contribution < 1.29 is 23.9 Å². The molecule has 66 heavy (non-hydrogen) atoms. The maximum atomic E-state index is 15.5. The Balaban J connectivity index is 1.05. The number of hydrogen-bond donors (Lipinski definition) is 2. The molecule has 1 aliphatic carbocycles. The van der Waals surface area contributed by atoms with Crippen LogP contribution < -0.4 is 10.2 Å². The number of H-pyrrole nitrogens is 1. The van der Waals surface area contributed by atoms with Crippen LogP contribution in [0.2, 0.25) is 0 Å². The predicted molar refractivity (Wildman–Crippen MR) is 265 cm³/mol. The molecule has 0 bridgehead atoms. The summed E-state index contributed by atoms with van der Waals surface area (Å²) in [6.45, 7) is 4.08. The van der Waals surface area contributed by atoms with Gasteiger partial charge in [0.05, 0.1) is 10.3 Å². The van der Waals surface area contributed by atoms with Crippen molar-refractivity contribution in [1.29, 1.82) is 0 Å². The summed E-state index contributed by atoms with van der Waals surface area (Å²) in [6.07, 6.45) is 2.90. The number of alkyl carbamates (subject to hydrolysis) is 1. The number of fused-ring (bicyclic) bond motifs is 4. The van der Waals surface area contributed by atoms with Crippen LogP contribution in [-0.4, -0.2) is 54.5 Å². The van der Waals surface area contributed by atoms with Gasteiger partial charge in [-0.25, -0.2) is 9.59 Å². The molecule has 0 unspecified atom stereocenters. The molecular weight excluding hydrogens is 839 g/mol. The highest BCUT2D eigenvalue weighted by Crippen LogP contribution is 2.49. The van der Waals surface area contributed by atoms with Crippen LogP contribution in [0.3, 0.4) is 0 Å². The molecule has 0 saturated heterocycles. The number of ether oxygens (including phenoxy) is 2. The first-order valence-corrected chi connectivity index (χ1v) is 23.1. The molecule has 1 heterocycles. The largest absolute Gasteiger partial charge is 0.458 e. The molecular formula is C57H49N3O5S. The number of amides is 2. The topological polar surface area (TPSA) is 101 Å². The summed E-state index contributed by atoms with van der Waals surface area (Å²) in [7, 11) is 0. The third kappa shape index (κ3) is 9.03. The second-order valence-corrected chi connectivity index (χ2v) is 17.4. The molecule has 1 atom stereocenters. The van der Waals surface area contributed by atoms with Crippen LogP contribution in [0.5, 0.6) is 0 Å². The Kier molecular flexibility index (Phi) is 13.3. The summed E-state index contributed by atoms with van der Waals surface area (Å²) in [5.41, 5.74) is 10.4. The summed E-state index contributed by atoms with van der Waals surface area (Å²) in [6, 6.07) is 61.3. The average Bonchev–Trinajstić information content (AvgIpc) is 3.94. The van der Waals surface area contributed by atoms with Crippen LogP contribution in [0.4, 0.5) is 10.5 Å². The van der Waals surface area contributed by atoms with E-state index < -0.39 is 22.9 Å². The number of hydrogen-bond acceptors (Lipinski definition) is 6. The first-order chi connectivity index (χ1) is 32.4. The number of nitrogens with one attached hydrogen (secondary N) is 2. The Morgan fingerprint density at radius 1 is 0.682 bits per heavy atom. The van der Waals surface area contributed by atoms with Gasteiger partial charge in [0, 0.05) is 47.4 Å². The molecule has 9 heteroatoms. The number of aromatic nitrogens is 1. The fourth-order valence-corrected chi connectivity index (χ4v) is 10.6. The maximum absolute atomic E-state index is 15.5. The highest BCUT2D eigenvalue weighted by atomic mass is 32.2. The van der Waals surface area contributed by atoms with Gasteiger partial charge in [-0.05, 0) is 74.8 Å². The molecule has 0 spiro atoms. The zero-order valence-electron chi connectivity index (χ0n) is 36.3. The van der Waals surface area contributed by atoms with E-state index in [4.69, 9.17) is 9.47 Å². The van der Waals surface area contributed by atoms with Crippen molar-refractivity contribution in [3.05, 3.63) is 246 Å². The molecule has 8 aromatic rings. The van der Waals surface area contributed by atoms with Crippen LogP contribution in [-0.2, 0) is 25.4 Å². The van der Waals surface area contributed by atoms with Crippen LogP contribution in [0, 0.1) is 0 Å². The monoisotopic (exact) mass is 887 g/mol. The molecule has 8 nitrogen and oxygen atoms in total. The number of rotatable bonds is 17. The minimum absolute atomic E-state index is 0.0749. The number of para-hydroxylation sites is 1. The van der Waals surface area contributed by atoms with E-state index in [0.717, 1.165) is 55.4 Å². The summed E-state index contributed by atoms with van der Waals surface area (Å²) in [4.78, 5) is 47.6. The third-order valence-electron chi connectivity index (χ3n) is 12.2. The Labute approximate surface area is 389 Å². The number of nitrogens with zero attached hydrogens (tertiary/aromatic N) is 1. The SMILES string of the molecule is C=CCOC(=O)c1ccc(N(CCSC(c2ccccc2)(c2ccccc2)c2ccccc2)C(=O)[C@H](Cc2c[nH]c3ccccc23)NC(=O)OCC2c3ccccc3-c3ccccc32)cc1. The lowest BCUT2D eigenvalue weighted by molar-refractivity contribution is -0.120. The molecule has 0 fully saturated rings. The Bertz CT molecular complexity index is 2810. The standard InChI is InChI=1S/C57H49N3O5S/c1-2-35-64-55(62)40-30-32-45(33-31-40)60(34-36-66-57(42-18-6-3-7-19-42,43-20-8-4-9-21-43)44-22-10-5-11-23-44)54(61)53(37-41-38-58-52-29-17-16-24-46(41)52)59-56(63)65-39-51-49-27-14-12-25-47(49)48-26-13-15-28-50(48)51/h2-33,38,51,53,58H,1,34-37,39H2,(H,59,63)/t53-/m0/s1. The second-order valence-electron chi connectivity index (χ2n) is 16.1. The Morgan fingerprint density at radius 3 is 1.82 bits per heavy atom. The van der Waals surface area contributed by atoms with E-state index in [2.05, 4.69) is 114 Å². The minimum atomic E-state index is -1.04. The van der Waals surface area contributed by atoms with E-state index >= 15 is 4.79 Å². The van der Waals surface area contributed by atoms with Crippen molar-refractivity contribution in [2.45, 2.75) is 23.1 Å². The maximum Gasteiger partial charge on any atom is 0.407 e. The van der Waals surface area contributed by atoms with Crippen molar-refractivity contribution in [2.75, 3.05) is 30.4 Å². The molecule has 0 saturated carbocycles. The number of carbonyl (C=O) groups excluding carboxylic acids is 3. The third-order valence-corrected chi connectivity index (χ3v) is 13.7. The number of benzene rings is 7. The van der Waals surface area contributed by atoms with Gasteiger partial charge in [-0.3, -0.25) is 4.79 Å². The van der Waals surface area contributed by atoms with Crippen LogP contribution >= 0.6 is 11.8 Å². The first kappa shape index (κ1) is 43.6. The van der Waals surface area contributed by atoms with Crippen molar-refractivity contribution in [3.8, 4) is 11.1 Å². The fraction of sp³-hybridized carbons (Fsp3) is 0.140. The minimum Gasteiger partial charge on any atom is -0.458 e. The number of thioether (sulfide) groups is 1. The molecule has 1 aliphatic rings. The smallest absolute Gasteiger partial charge is 0.407 e. The molecule has 9 rings (SSSR count). The number of carbonyl (C=O) groups is 3. The van der Waals surface area contributed by atoms with Gasteiger partial charge in [0.2, 0.25) is 5.91 Å². The van der Waals surface area contributed by atoms with E-state index in [1.807, 2.05) is 72.9 Å². The quantitative estimate of drug-likeness (QED) is 0.0537. The van der Waals surface area contributed by atoms with Crippen molar-refractivity contribution in [3.63, 3.8) is 0 Å². The normalized spacial score (nSPS) is 12.4. The lowest BCUT2D eigenvalue weighted by Gasteiger charge is -2.36. The van der Waals surface area contributed by atoms with Crippen molar-refractivity contribution >= 4 is 46.3 Å². The van der Waals surface area contributed by atoms with E-state index in [1.165, 1.54) is 6.08 Å². The summed E-state index contributed by atoms with van der Waals surface area (Å²) in [5, 5.41) is 3.97. The molecule has 2 amide bonds. The average molecular weight is 888 g/mol. The fourth-order valence-electron chi connectivity index (χ4n) is 9.11. The van der Waals surface area contributed by atoms with Gasteiger partial charge in [-0.1, -0.05) is 170 Å². The Hall–Kier alpha value is -7.62. The Morgan fingerprint density at radius 2 is 1.23 bits per heavy atom. The summed E-state index contributed by atoms with van der Waals surface area (Å²) >= 11 is 1.74. The van der Waals surface area contributed by atoms with Gasteiger partial charge in [0.15, 0.2) is 0 Å². The predicted octanol–water partition coefficient (Wildman–Crippen LogP) is 11.7. The summed E-state index contributed by atoms with van der Waals surface area (Å²) in [5.74, 6) is -0.503. The van der Waals surface area contributed by atoms with Gasteiger partial charge >= 0.3 is 12.1 Å². The number of anilines is 1. The molecule has 328 valence electrons. The highest BCUT2D eigenvalue weighted by molar-refractivity contribution is 8.00. The van der Waals surface area contributed by atoms with Crippen molar-refractivity contribution in [1.82, 2.24) is 10.3 Å². The van der Waals surface area contributed by atoms with Crippen LogP contribution in [0.15, 0.2) is 207 Å². The zero-order chi connectivity index (χ0) is 45.3. The van der Waals surface area contributed by atoms with Crippen LogP contribution in [0.1, 0.15) is 49.7 Å². The van der Waals surface area contributed by atoms with E-state index in [9.17, 15) is 9.59 Å². The molecule has 0 aliphatic heterocycles. The van der Waals surface area contributed by atoms with Gasteiger partial charge in [-0.15, -0.1) is 11.8 Å². The second kappa shape index (κ2) is 20.0. The number of esters is 1. The highest BCUT2D eigenvalue weighted by Gasteiger charge is 2.38. The molecule has 7 aromatic carbocycles. The molecule has 2 N–H and O–H groups in total. The van der Waals surface area contributed by atoms with Gasteiger partial charge in [0.25, 0.3) is 0 Å². The lowest BCUT2D eigenvalue weighted by Crippen LogP contribution is -2.51. The molecule has 1 aromatic heterocycles. The van der Waals surface area contributed by atoms with E-state index in [0.29, 0.717) is 17.0 Å². The van der Waals surface area contributed by atoms with E-state index in [1.54, 1.807) is 40.9 Å². The first-order valence-electron chi connectivity index (χ1n) is 22.1. The van der Waals surface area contributed by atoms with Gasteiger partial charge in [-0.2, -0.15) is 0 Å². The van der Waals surface area contributed by atoms with Crippen LogP contribution in [0.25, 0.3) is 22.0 Å². The van der Waals surface area contributed by atoms with Gasteiger partial charge in [0.1, 0.15) is 19.3 Å². The number of aromatic amines is 1. The van der Waals surface area contributed by atoms with Gasteiger partial charge < -0.3 is 24.7 Å². The molecule has 0 radical (unpaired) electrons. The van der Waals surface area contributed by atoms with Crippen molar-refractivity contribution in [2.24, 2.45) is 0 Å².